The van der Waals surface area contributed by atoms with Crippen LogP contribution in [0, 0.1) is 5.82 Å². The van der Waals surface area contributed by atoms with Gasteiger partial charge in [0.1, 0.15) is 5.82 Å². The monoisotopic (exact) mass is 321 g/mol. The molecule has 3 heterocycles. The van der Waals surface area contributed by atoms with E-state index in [1.165, 1.54) is 32.0 Å². The molecule has 0 aromatic heterocycles. The fourth-order valence-corrected chi connectivity index (χ4v) is 4.47. The van der Waals surface area contributed by atoms with Crippen molar-refractivity contribution < 1.29 is 9.18 Å². The second-order valence-electron chi connectivity index (χ2n) is 6.99. The predicted molar refractivity (Wildman–Crippen MR) is 92.1 cm³/mol. The Morgan fingerprint density at radius 2 is 1.75 bits per heavy atom. The molecule has 2 aromatic rings. The maximum Gasteiger partial charge on any atom is 0.197 e. The van der Waals surface area contributed by atoms with E-state index >= 15 is 0 Å². The molecule has 3 aliphatic heterocycles. The van der Waals surface area contributed by atoms with Gasteiger partial charge in [-0.1, -0.05) is 18.2 Å². The van der Waals surface area contributed by atoms with Crippen molar-refractivity contribution in [3.8, 4) is 11.1 Å². The van der Waals surface area contributed by atoms with E-state index in [1.54, 1.807) is 6.07 Å². The molecule has 0 spiro atoms. The molecule has 3 saturated heterocycles. The summed E-state index contributed by atoms with van der Waals surface area (Å²) in [6, 6.07) is 11.5. The van der Waals surface area contributed by atoms with Gasteiger partial charge in [0.25, 0.3) is 0 Å². The molecule has 0 radical (unpaired) electrons. The summed E-state index contributed by atoms with van der Waals surface area (Å²) in [5.74, 6) is -0.598. The molecule has 2 aromatic carbocycles. The number of piperidine rings is 1. The third-order valence-electron chi connectivity index (χ3n) is 5.77. The van der Waals surface area contributed by atoms with Crippen LogP contribution in [0.25, 0.3) is 11.1 Å². The molecular formula is C20H19FN2O. The molecule has 3 nitrogen and oxygen atoms in total. The molecule has 0 unspecified atom stereocenters. The van der Waals surface area contributed by atoms with Crippen LogP contribution >= 0.6 is 0 Å². The lowest BCUT2D eigenvalue weighted by Crippen LogP contribution is -2.37. The van der Waals surface area contributed by atoms with E-state index in [0.29, 0.717) is 11.6 Å². The summed E-state index contributed by atoms with van der Waals surface area (Å²) in [5, 5.41) is 0. The van der Waals surface area contributed by atoms with Gasteiger partial charge in [-0.3, -0.25) is 4.79 Å². The first-order valence-corrected chi connectivity index (χ1v) is 8.69. The van der Waals surface area contributed by atoms with E-state index in [9.17, 15) is 9.18 Å². The summed E-state index contributed by atoms with van der Waals surface area (Å²) in [6.45, 7) is 4.42. The maximum absolute atomic E-state index is 14.1. The van der Waals surface area contributed by atoms with Crippen molar-refractivity contribution in [2.45, 2.75) is 18.9 Å². The Balaban J connectivity index is 1.57. The van der Waals surface area contributed by atoms with Crippen molar-refractivity contribution in [1.82, 2.24) is 4.90 Å². The van der Waals surface area contributed by atoms with Crippen LogP contribution in [0.3, 0.4) is 0 Å². The first-order valence-electron chi connectivity index (χ1n) is 8.69. The van der Waals surface area contributed by atoms with Gasteiger partial charge in [0.2, 0.25) is 0 Å². The predicted octanol–water partition coefficient (Wildman–Crippen LogP) is 3.32. The lowest BCUT2D eigenvalue weighted by Gasteiger charge is -2.33. The van der Waals surface area contributed by atoms with Crippen LogP contribution in [0.5, 0.6) is 0 Å². The Morgan fingerprint density at radius 1 is 0.917 bits per heavy atom. The van der Waals surface area contributed by atoms with Gasteiger partial charge in [-0.15, -0.1) is 0 Å². The van der Waals surface area contributed by atoms with E-state index in [2.05, 4.69) is 15.9 Å². The van der Waals surface area contributed by atoms with Gasteiger partial charge in [-0.2, -0.15) is 0 Å². The summed E-state index contributed by atoms with van der Waals surface area (Å²) >= 11 is 0. The van der Waals surface area contributed by atoms with Gasteiger partial charge in [-0.25, -0.2) is 4.39 Å². The minimum atomic E-state index is -0.420. The largest absolute Gasteiger partial charge is 0.367 e. The molecule has 2 bridgehead atoms. The second kappa shape index (κ2) is 5.15. The minimum absolute atomic E-state index is 0.178. The normalized spacial score (nSPS) is 24.7. The van der Waals surface area contributed by atoms with Crippen molar-refractivity contribution in [3.05, 3.63) is 53.3 Å². The zero-order chi connectivity index (χ0) is 16.3. The van der Waals surface area contributed by atoms with Gasteiger partial charge >= 0.3 is 0 Å². The molecule has 0 saturated carbocycles. The Hall–Kier alpha value is -2.20. The molecule has 122 valence electrons. The summed E-state index contributed by atoms with van der Waals surface area (Å²) in [6.07, 6.45) is 2.36. The summed E-state index contributed by atoms with van der Waals surface area (Å²) in [7, 11) is 0. The second-order valence-corrected chi connectivity index (χ2v) is 6.99. The van der Waals surface area contributed by atoms with Crippen molar-refractivity contribution >= 4 is 11.5 Å². The number of ketones is 1. The number of halogens is 1. The van der Waals surface area contributed by atoms with E-state index in [-0.39, 0.29) is 11.3 Å². The molecule has 6 rings (SSSR count). The van der Waals surface area contributed by atoms with E-state index < -0.39 is 5.82 Å². The molecule has 1 aliphatic carbocycles. The van der Waals surface area contributed by atoms with Crippen LogP contribution < -0.4 is 4.90 Å². The molecule has 3 fully saturated rings. The van der Waals surface area contributed by atoms with Crippen LogP contribution in [0.1, 0.15) is 28.8 Å². The quantitative estimate of drug-likeness (QED) is 0.687. The molecule has 0 amide bonds. The Morgan fingerprint density at radius 3 is 2.58 bits per heavy atom. The summed E-state index contributed by atoms with van der Waals surface area (Å²) in [5.41, 5.74) is 3.56. The smallest absolute Gasteiger partial charge is 0.197 e. The highest BCUT2D eigenvalue weighted by atomic mass is 18.2. The van der Waals surface area contributed by atoms with E-state index in [0.717, 1.165) is 29.9 Å². The summed E-state index contributed by atoms with van der Waals surface area (Å²) < 4.78 is 14.1. The van der Waals surface area contributed by atoms with Gasteiger partial charge in [0.05, 0.1) is 5.56 Å². The molecule has 0 atom stereocenters. The Labute approximate surface area is 140 Å². The molecule has 24 heavy (non-hydrogen) atoms. The number of anilines is 1. The van der Waals surface area contributed by atoms with Crippen molar-refractivity contribution in [1.29, 1.82) is 0 Å². The highest BCUT2D eigenvalue weighted by Gasteiger charge is 2.32. The van der Waals surface area contributed by atoms with Crippen LogP contribution in [0.15, 0.2) is 36.4 Å². The van der Waals surface area contributed by atoms with Gasteiger partial charge in [-0.05, 0) is 42.2 Å². The van der Waals surface area contributed by atoms with E-state index in [1.807, 2.05) is 18.2 Å². The fourth-order valence-electron chi connectivity index (χ4n) is 4.47. The zero-order valence-corrected chi connectivity index (χ0v) is 13.5. The zero-order valence-electron chi connectivity index (χ0n) is 13.5. The topological polar surface area (TPSA) is 23.6 Å². The number of fused-ring (bicyclic) bond motifs is 7. The molecule has 4 heteroatoms. The van der Waals surface area contributed by atoms with Crippen molar-refractivity contribution in [2.75, 3.05) is 31.1 Å². The third-order valence-corrected chi connectivity index (χ3v) is 5.77. The molecule has 0 N–H and O–H groups in total. The minimum Gasteiger partial charge on any atom is -0.367 e. The van der Waals surface area contributed by atoms with Crippen molar-refractivity contribution in [3.63, 3.8) is 0 Å². The highest BCUT2D eigenvalue weighted by Crippen LogP contribution is 2.40. The van der Waals surface area contributed by atoms with Crippen LogP contribution in [0.4, 0.5) is 10.1 Å². The average Bonchev–Trinajstić information content (AvgIpc) is 2.78. The van der Waals surface area contributed by atoms with Crippen LogP contribution in [-0.4, -0.2) is 42.9 Å². The molecule has 4 aliphatic rings. The third kappa shape index (κ3) is 1.96. The first-order chi connectivity index (χ1) is 11.7. The standard InChI is InChI=1S/C20H19FN2O/c21-18-3-1-2-16-15-5-4-14(12-17(15)20(24)19(16)18)23-11-10-22-8-6-13(23)7-9-22/h1-5,12-13H,6-11H2/i21-1. The number of carbonyl (C=O) groups is 1. The highest BCUT2D eigenvalue weighted by molar-refractivity contribution is 6.22. The van der Waals surface area contributed by atoms with Crippen LogP contribution in [-0.2, 0) is 0 Å². The number of hydrogen-bond acceptors (Lipinski definition) is 3. The number of rotatable bonds is 1. The van der Waals surface area contributed by atoms with Gasteiger partial charge in [0, 0.05) is 43.5 Å². The molecular weight excluding hydrogens is 302 g/mol. The maximum atomic E-state index is 14.1. The SMILES string of the molecule is O=C1c2cc(N3CCN4CCC3CC4)ccc2-c2cccc([18F])c21. The van der Waals surface area contributed by atoms with Gasteiger partial charge in [0.15, 0.2) is 5.78 Å². The number of carbonyl (C=O) groups excluding carboxylic acids is 1. The average molecular weight is 321 g/mol. The number of hydrogen-bond donors (Lipinski definition) is 0. The van der Waals surface area contributed by atoms with Gasteiger partial charge < -0.3 is 9.80 Å². The number of benzene rings is 2. The summed E-state index contributed by atoms with van der Waals surface area (Å²) in [4.78, 5) is 17.7. The fraction of sp³-hybridized carbons (Fsp3) is 0.350. The number of nitrogens with zero attached hydrogens (tertiary/aromatic N) is 2. The Bertz CT molecular complexity index is 840. The first kappa shape index (κ1) is 14.2. The lowest BCUT2D eigenvalue weighted by atomic mass is 10.0. The van der Waals surface area contributed by atoms with E-state index in [4.69, 9.17) is 0 Å². The lowest BCUT2D eigenvalue weighted by molar-refractivity contribution is 0.104. The van der Waals surface area contributed by atoms with Crippen molar-refractivity contribution in [2.24, 2.45) is 0 Å². The van der Waals surface area contributed by atoms with Crippen LogP contribution in [0.2, 0.25) is 0 Å². The Kier molecular flexibility index (Phi) is 3.04.